The monoisotopic (exact) mass is 163 g/mol. The zero-order valence-electron chi connectivity index (χ0n) is 6.74. The highest BCUT2D eigenvalue weighted by Gasteiger charge is 1.99. The first-order chi connectivity index (χ1) is 5.81. The third-order valence-corrected chi connectivity index (χ3v) is 1.83. The number of aromatic amines is 1. The van der Waals surface area contributed by atoms with Gasteiger partial charge in [0, 0.05) is 17.8 Å². The maximum absolute atomic E-state index is 11.1. The second kappa shape index (κ2) is 2.48. The van der Waals surface area contributed by atoms with Crippen LogP contribution in [0, 0.1) is 0 Å². The Balaban J connectivity index is 2.89. The van der Waals surface area contributed by atoms with Gasteiger partial charge in [0.05, 0.1) is 6.20 Å². The van der Waals surface area contributed by atoms with E-state index in [1.54, 1.807) is 22.8 Å². The summed E-state index contributed by atoms with van der Waals surface area (Å²) < 4.78 is 1.74. The molecule has 0 radical (unpaired) electrons. The third-order valence-electron chi connectivity index (χ3n) is 1.83. The molecule has 0 spiro atoms. The van der Waals surface area contributed by atoms with Crippen LogP contribution in [0.2, 0.25) is 0 Å². The first kappa shape index (κ1) is 7.09. The van der Waals surface area contributed by atoms with E-state index in [0.29, 0.717) is 0 Å². The molecule has 0 bridgehead atoms. The molecule has 4 nitrogen and oxygen atoms in total. The molecule has 0 aliphatic carbocycles. The molecule has 0 saturated carbocycles. The van der Waals surface area contributed by atoms with Crippen molar-refractivity contribution in [3.8, 4) is 0 Å². The molecule has 2 aromatic heterocycles. The lowest BCUT2D eigenvalue weighted by Gasteiger charge is -1.99. The Labute approximate surface area is 68.8 Å². The van der Waals surface area contributed by atoms with Crippen LogP contribution < -0.4 is 5.56 Å². The van der Waals surface area contributed by atoms with Crippen LogP contribution in [-0.2, 0) is 6.42 Å². The van der Waals surface area contributed by atoms with Crippen molar-refractivity contribution in [2.45, 2.75) is 13.3 Å². The van der Waals surface area contributed by atoms with Crippen LogP contribution in [0.25, 0.3) is 5.65 Å². The van der Waals surface area contributed by atoms with Gasteiger partial charge < -0.3 is 4.98 Å². The summed E-state index contributed by atoms with van der Waals surface area (Å²) in [4.78, 5) is 13.8. The van der Waals surface area contributed by atoms with E-state index in [9.17, 15) is 4.79 Å². The fourth-order valence-electron chi connectivity index (χ4n) is 1.25. The molecule has 0 aromatic carbocycles. The number of hydrogen-bond donors (Lipinski definition) is 1. The standard InChI is InChI=1S/C8H9N3O/c1-2-6-5-8(12)10-7-3-4-9-11(6)7/h3-5H,2H2,1H3,(H,10,12). The van der Waals surface area contributed by atoms with Gasteiger partial charge in [0.1, 0.15) is 5.65 Å². The molecule has 0 amide bonds. The van der Waals surface area contributed by atoms with Crippen molar-refractivity contribution >= 4 is 5.65 Å². The number of aryl methyl sites for hydroxylation is 1. The number of hydrogen-bond acceptors (Lipinski definition) is 2. The van der Waals surface area contributed by atoms with Crippen LogP contribution in [0.5, 0.6) is 0 Å². The molecule has 1 N–H and O–H groups in total. The maximum Gasteiger partial charge on any atom is 0.251 e. The van der Waals surface area contributed by atoms with Gasteiger partial charge in [-0.15, -0.1) is 0 Å². The fraction of sp³-hybridized carbons (Fsp3) is 0.250. The van der Waals surface area contributed by atoms with Gasteiger partial charge in [0.15, 0.2) is 0 Å². The van der Waals surface area contributed by atoms with E-state index >= 15 is 0 Å². The van der Waals surface area contributed by atoms with Crippen LogP contribution in [0.15, 0.2) is 23.1 Å². The summed E-state index contributed by atoms with van der Waals surface area (Å²) in [5.74, 6) is 0. The molecule has 0 aliphatic rings. The smallest absolute Gasteiger partial charge is 0.251 e. The number of fused-ring (bicyclic) bond motifs is 1. The van der Waals surface area contributed by atoms with Crippen LogP contribution >= 0.6 is 0 Å². The highest BCUT2D eigenvalue weighted by Crippen LogP contribution is 1.99. The Bertz CT molecular complexity index is 455. The molecule has 2 rings (SSSR count). The Morgan fingerprint density at radius 1 is 1.67 bits per heavy atom. The Kier molecular flexibility index (Phi) is 1.46. The van der Waals surface area contributed by atoms with Crippen molar-refractivity contribution in [3.05, 3.63) is 34.4 Å². The molecule has 2 aromatic rings. The molecule has 0 fully saturated rings. The normalized spacial score (nSPS) is 10.8. The summed E-state index contributed by atoms with van der Waals surface area (Å²) in [6.45, 7) is 2.00. The number of H-pyrrole nitrogens is 1. The van der Waals surface area contributed by atoms with Gasteiger partial charge in [-0.3, -0.25) is 4.79 Å². The molecular formula is C8H9N3O. The SMILES string of the molecule is CCc1cc(=O)[nH]c2ccnn12. The van der Waals surface area contributed by atoms with Crippen molar-refractivity contribution in [1.29, 1.82) is 0 Å². The lowest BCUT2D eigenvalue weighted by molar-refractivity contribution is 0.843. The molecule has 0 atom stereocenters. The minimum atomic E-state index is -0.0696. The molecular weight excluding hydrogens is 154 g/mol. The van der Waals surface area contributed by atoms with Gasteiger partial charge in [0.25, 0.3) is 5.56 Å². The van der Waals surface area contributed by atoms with Crippen LogP contribution in [0.3, 0.4) is 0 Å². The summed E-state index contributed by atoms with van der Waals surface area (Å²) in [7, 11) is 0. The summed E-state index contributed by atoms with van der Waals surface area (Å²) in [5, 5.41) is 4.08. The first-order valence-electron chi connectivity index (χ1n) is 3.87. The number of rotatable bonds is 1. The second-order valence-corrected chi connectivity index (χ2v) is 2.61. The topological polar surface area (TPSA) is 50.2 Å². The van der Waals surface area contributed by atoms with E-state index < -0.39 is 0 Å². The number of nitrogens with zero attached hydrogens (tertiary/aromatic N) is 2. The Hall–Kier alpha value is -1.58. The van der Waals surface area contributed by atoms with Crippen molar-refractivity contribution in [1.82, 2.24) is 14.6 Å². The van der Waals surface area contributed by atoms with E-state index in [-0.39, 0.29) is 5.56 Å². The molecule has 0 saturated heterocycles. The Morgan fingerprint density at radius 2 is 2.50 bits per heavy atom. The van der Waals surface area contributed by atoms with E-state index in [1.807, 2.05) is 6.92 Å². The lowest BCUT2D eigenvalue weighted by Crippen LogP contribution is -2.10. The summed E-state index contributed by atoms with van der Waals surface area (Å²) in [5.41, 5.74) is 1.61. The summed E-state index contributed by atoms with van der Waals surface area (Å²) in [6.07, 6.45) is 2.48. The second-order valence-electron chi connectivity index (χ2n) is 2.61. The fourth-order valence-corrected chi connectivity index (χ4v) is 1.25. The van der Waals surface area contributed by atoms with Crippen LogP contribution in [-0.4, -0.2) is 14.6 Å². The van der Waals surface area contributed by atoms with Gasteiger partial charge >= 0.3 is 0 Å². The van der Waals surface area contributed by atoms with E-state index in [1.165, 1.54) is 0 Å². The Morgan fingerprint density at radius 3 is 3.25 bits per heavy atom. The van der Waals surface area contributed by atoms with Crippen molar-refractivity contribution in [2.24, 2.45) is 0 Å². The molecule has 12 heavy (non-hydrogen) atoms. The minimum Gasteiger partial charge on any atom is -0.307 e. The van der Waals surface area contributed by atoms with E-state index in [0.717, 1.165) is 17.8 Å². The summed E-state index contributed by atoms with van der Waals surface area (Å²) in [6, 6.07) is 3.35. The molecule has 0 aliphatic heterocycles. The predicted molar refractivity (Wildman–Crippen MR) is 45.2 cm³/mol. The largest absolute Gasteiger partial charge is 0.307 e. The van der Waals surface area contributed by atoms with E-state index in [4.69, 9.17) is 0 Å². The third kappa shape index (κ3) is 0.922. The molecule has 62 valence electrons. The van der Waals surface area contributed by atoms with Crippen molar-refractivity contribution in [2.75, 3.05) is 0 Å². The predicted octanol–water partition coefficient (Wildman–Crippen LogP) is 0.585. The number of aromatic nitrogens is 3. The molecule has 0 unspecified atom stereocenters. The van der Waals surface area contributed by atoms with Gasteiger partial charge in [-0.25, -0.2) is 4.52 Å². The van der Waals surface area contributed by atoms with Crippen molar-refractivity contribution < 1.29 is 0 Å². The summed E-state index contributed by atoms with van der Waals surface area (Å²) >= 11 is 0. The van der Waals surface area contributed by atoms with Gasteiger partial charge in [-0.2, -0.15) is 5.10 Å². The minimum absolute atomic E-state index is 0.0696. The zero-order valence-corrected chi connectivity index (χ0v) is 6.74. The molecule has 2 heterocycles. The quantitative estimate of drug-likeness (QED) is 0.668. The number of nitrogens with one attached hydrogen (secondary N) is 1. The average Bonchev–Trinajstić information content (AvgIpc) is 2.50. The first-order valence-corrected chi connectivity index (χ1v) is 3.87. The van der Waals surface area contributed by atoms with Gasteiger partial charge in [0.2, 0.25) is 0 Å². The van der Waals surface area contributed by atoms with Crippen LogP contribution in [0.1, 0.15) is 12.6 Å². The maximum atomic E-state index is 11.1. The molecule has 4 heteroatoms. The highest BCUT2D eigenvalue weighted by molar-refractivity contribution is 5.36. The highest BCUT2D eigenvalue weighted by atomic mass is 16.1. The van der Waals surface area contributed by atoms with Gasteiger partial charge in [-0.1, -0.05) is 6.92 Å². The average molecular weight is 163 g/mol. The van der Waals surface area contributed by atoms with Crippen LogP contribution in [0.4, 0.5) is 0 Å². The van der Waals surface area contributed by atoms with E-state index in [2.05, 4.69) is 10.1 Å². The van der Waals surface area contributed by atoms with Crippen molar-refractivity contribution in [3.63, 3.8) is 0 Å². The lowest BCUT2D eigenvalue weighted by atomic mass is 10.3. The zero-order chi connectivity index (χ0) is 8.55. The van der Waals surface area contributed by atoms with Gasteiger partial charge in [-0.05, 0) is 6.42 Å².